The fourth-order valence-electron chi connectivity index (χ4n) is 1.92. The highest BCUT2D eigenvalue weighted by Gasteiger charge is 2.10. The second kappa shape index (κ2) is 7.98. The van der Waals surface area contributed by atoms with E-state index in [1.807, 2.05) is 6.07 Å². The van der Waals surface area contributed by atoms with Crippen molar-refractivity contribution in [2.45, 2.75) is 19.8 Å². The molecule has 1 amide bonds. The number of esters is 1. The second-order valence-corrected chi connectivity index (χ2v) is 4.89. The monoisotopic (exact) mass is 297 g/mol. The van der Waals surface area contributed by atoms with Gasteiger partial charge in [0, 0.05) is 12.1 Å². The summed E-state index contributed by atoms with van der Waals surface area (Å²) in [6.45, 7) is 2.71. The molecule has 0 spiro atoms. The molecule has 0 aliphatic rings. The molecule has 0 unspecified atom stereocenters. The molecule has 22 heavy (non-hydrogen) atoms. The average molecular weight is 297 g/mol. The SMILES string of the molecule is CCCCNC(=O)c1cccc(OC(=O)c2ccccc2)c1. The molecule has 114 valence electrons. The van der Waals surface area contributed by atoms with Gasteiger partial charge >= 0.3 is 5.97 Å². The fourth-order valence-corrected chi connectivity index (χ4v) is 1.92. The van der Waals surface area contributed by atoms with Crippen molar-refractivity contribution in [3.8, 4) is 5.75 Å². The topological polar surface area (TPSA) is 55.4 Å². The van der Waals surface area contributed by atoms with E-state index in [1.165, 1.54) is 0 Å². The highest BCUT2D eigenvalue weighted by atomic mass is 16.5. The molecule has 2 aromatic carbocycles. The van der Waals surface area contributed by atoms with Gasteiger partial charge in [-0.1, -0.05) is 37.6 Å². The molecule has 0 aliphatic carbocycles. The smallest absolute Gasteiger partial charge is 0.343 e. The maximum atomic E-state index is 12.0. The fraction of sp³-hybridized carbons (Fsp3) is 0.222. The van der Waals surface area contributed by atoms with Gasteiger partial charge in [0.15, 0.2) is 0 Å². The predicted molar refractivity (Wildman–Crippen MR) is 85.1 cm³/mol. The number of carbonyl (C=O) groups excluding carboxylic acids is 2. The van der Waals surface area contributed by atoms with Crippen LogP contribution in [0, 0.1) is 0 Å². The zero-order chi connectivity index (χ0) is 15.8. The van der Waals surface area contributed by atoms with Crippen LogP contribution in [0.5, 0.6) is 5.75 Å². The van der Waals surface area contributed by atoms with Gasteiger partial charge in [0.1, 0.15) is 5.75 Å². The van der Waals surface area contributed by atoms with Crippen LogP contribution in [0.3, 0.4) is 0 Å². The standard InChI is InChI=1S/C18H19NO3/c1-2-3-12-19-17(20)15-10-7-11-16(13-15)22-18(21)14-8-5-4-6-9-14/h4-11,13H,2-3,12H2,1H3,(H,19,20). The van der Waals surface area contributed by atoms with Gasteiger partial charge in [-0.25, -0.2) is 4.79 Å². The van der Waals surface area contributed by atoms with Gasteiger partial charge in [0.05, 0.1) is 5.56 Å². The van der Waals surface area contributed by atoms with Crippen molar-refractivity contribution in [1.29, 1.82) is 0 Å². The van der Waals surface area contributed by atoms with Crippen LogP contribution in [0.4, 0.5) is 0 Å². The first-order valence-corrected chi connectivity index (χ1v) is 7.36. The summed E-state index contributed by atoms with van der Waals surface area (Å²) >= 11 is 0. The lowest BCUT2D eigenvalue weighted by Crippen LogP contribution is -2.24. The molecule has 1 N–H and O–H groups in total. The average Bonchev–Trinajstić information content (AvgIpc) is 2.56. The Morgan fingerprint density at radius 1 is 1.00 bits per heavy atom. The third-order valence-electron chi connectivity index (χ3n) is 3.13. The summed E-state index contributed by atoms with van der Waals surface area (Å²) in [5.41, 5.74) is 0.953. The Hall–Kier alpha value is -2.62. The van der Waals surface area contributed by atoms with E-state index in [0.29, 0.717) is 23.4 Å². The lowest BCUT2D eigenvalue weighted by molar-refractivity contribution is 0.0733. The molecule has 0 aliphatic heterocycles. The summed E-state index contributed by atoms with van der Waals surface area (Å²) in [6, 6.07) is 15.4. The number of nitrogens with one attached hydrogen (secondary N) is 1. The first-order chi connectivity index (χ1) is 10.7. The van der Waals surface area contributed by atoms with Crippen molar-refractivity contribution in [3.05, 3.63) is 65.7 Å². The van der Waals surface area contributed by atoms with Crippen LogP contribution in [0.2, 0.25) is 0 Å². The van der Waals surface area contributed by atoms with Gasteiger partial charge in [0.25, 0.3) is 5.91 Å². The lowest BCUT2D eigenvalue weighted by Gasteiger charge is -2.07. The number of ether oxygens (including phenoxy) is 1. The molecular formula is C18H19NO3. The molecule has 0 atom stereocenters. The number of amides is 1. The largest absolute Gasteiger partial charge is 0.423 e. The van der Waals surface area contributed by atoms with Crippen molar-refractivity contribution < 1.29 is 14.3 Å². The van der Waals surface area contributed by atoms with E-state index in [-0.39, 0.29) is 5.91 Å². The van der Waals surface area contributed by atoms with Crippen LogP contribution in [0.25, 0.3) is 0 Å². The van der Waals surface area contributed by atoms with Gasteiger partial charge in [-0.2, -0.15) is 0 Å². The first kappa shape index (κ1) is 15.8. The van der Waals surface area contributed by atoms with E-state index in [9.17, 15) is 9.59 Å². The number of carbonyl (C=O) groups is 2. The highest BCUT2D eigenvalue weighted by molar-refractivity contribution is 5.95. The van der Waals surface area contributed by atoms with Gasteiger partial charge in [-0.05, 0) is 36.8 Å². The van der Waals surface area contributed by atoms with E-state index >= 15 is 0 Å². The molecular weight excluding hydrogens is 278 g/mol. The summed E-state index contributed by atoms with van der Waals surface area (Å²) in [5.74, 6) is -0.243. The van der Waals surface area contributed by atoms with Gasteiger partial charge in [-0.3, -0.25) is 4.79 Å². The lowest BCUT2D eigenvalue weighted by atomic mass is 10.2. The van der Waals surface area contributed by atoms with Crippen molar-refractivity contribution >= 4 is 11.9 Å². The van der Waals surface area contributed by atoms with Crippen LogP contribution >= 0.6 is 0 Å². The van der Waals surface area contributed by atoms with Crippen molar-refractivity contribution in [1.82, 2.24) is 5.32 Å². The van der Waals surface area contributed by atoms with E-state index in [1.54, 1.807) is 48.5 Å². The number of hydrogen-bond donors (Lipinski definition) is 1. The van der Waals surface area contributed by atoms with Gasteiger partial charge in [0.2, 0.25) is 0 Å². The molecule has 2 rings (SSSR count). The number of rotatable bonds is 6. The summed E-state index contributed by atoms with van der Waals surface area (Å²) in [6.07, 6.45) is 1.96. The second-order valence-electron chi connectivity index (χ2n) is 4.89. The summed E-state index contributed by atoms with van der Waals surface area (Å²) in [7, 11) is 0. The third kappa shape index (κ3) is 4.45. The van der Waals surface area contributed by atoms with Crippen LogP contribution in [0.15, 0.2) is 54.6 Å². The molecule has 0 aromatic heterocycles. The van der Waals surface area contributed by atoms with Crippen LogP contribution in [0.1, 0.15) is 40.5 Å². The Balaban J connectivity index is 2.02. The Kier molecular flexibility index (Phi) is 5.72. The van der Waals surface area contributed by atoms with E-state index in [4.69, 9.17) is 4.74 Å². The van der Waals surface area contributed by atoms with E-state index in [0.717, 1.165) is 12.8 Å². The molecule has 2 aromatic rings. The summed E-state index contributed by atoms with van der Waals surface area (Å²) < 4.78 is 5.30. The van der Waals surface area contributed by atoms with Crippen molar-refractivity contribution in [2.24, 2.45) is 0 Å². The zero-order valence-electron chi connectivity index (χ0n) is 12.5. The number of unbranched alkanes of at least 4 members (excludes halogenated alkanes) is 1. The quantitative estimate of drug-likeness (QED) is 0.505. The van der Waals surface area contributed by atoms with Crippen molar-refractivity contribution in [3.63, 3.8) is 0 Å². The molecule has 0 saturated carbocycles. The van der Waals surface area contributed by atoms with E-state index < -0.39 is 5.97 Å². The minimum atomic E-state index is -0.441. The maximum Gasteiger partial charge on any atom is 0.343 e. The van der Waals surface area contributed by atoms with Crippen LogP contribution in [-0.4, -0.2) is 18.4 Å². The number of benzene rings is 2. The summed E-state index contributed by atoms with van der Waals surface area (Å²) in [4.78, 5) is 24.0. The highest BCUT2D eigenvalue weighted by Crippen LogP contribution is 2.15. The molecule has 0 fully saturated rings. The molecule has 0 heterocycles. The number of hydrogen-bond acceptors (Lipinski definition) is 3. The molecule has 0 radical (unpaired) electrons. The van der Waals surface area contributed by atoms with Gasteiger partial charge < -0.3 is 10.1 Å². The van der Waals surface area contributed by atoms with Crippen LogP contribution < -0.4 is 10.1 Å². The zero-order valence-corrected chi connectivity index (χ0v) is 12.5. The van der Waals surface area contributed by atoms with E-state index in [2.05, 4.69) is 12.2 Å². The Morgan fingerprint density at radius 3 is 2.45 bits per heavy atom. The Morgan fingerprint density at radius 2 is 1.73 bits per heavy atom. The molecule has 0 saturated heterocycles. The van der Waals surface area contributed by atoms with Crippen molar-refractivity contribution in [2.75, 3.05) is 6.54 Å². The Bertz CT molecular complexity index is 638. The minimum absolute atomic E-state index is 0.161. The normalized spacial score (nSPS) is 10.0. The minimum Gasteiger partial charge on any atom is -0.423 e. The third-order valence-corrected chi connectivity index (χ3v) is 3.13. The summed E-state index contributed by atoms with van der Waals surface area (Å²) in [5, 5.41) is 2.83. The van der Waals surface area contributed by atoms with Gasteiger partial charge in [-0.15, -0.1) is 0 Å². The molecule has 4 nitrogen and oxygen atoms in total. The Labute approximate surface area is 130 Å². The molecule has 4 heteroatoms. The first-order valence-electron chi connectivity index (χ1n) is 7.36. The predicted octanol–water partition coefficient (Wildman–Crippen LogP) is 3.44. The maximum absolute atomic E-state index is 12.0. The van der Waals surface area contributed by atoms with Crippen LogP contribution in [-0.2, 0) is 0 Å². The molecule has 0 bridgehead atoms.